The van der Waals surface area contributed by atoms with Gasteiger partial charge in [0, 0.05) is 4.90 Å². The fourth-order valence-corrected chi connectivity index (χ4v) is 1.41. The van der Waals surface area contributed by atoms with Crippen LogP contribution in [-0.2, 0) is 0 Å². The quantitative estimate of drug-likeness (QED) is 0.671. The Morgan fingerprint density at radius 2 is 2.25 bits per heavy atom. The van der Waals surface area contributed by atoms with E-state index in [1.54, 1.807) is 18.2 Å². The van der Waals surface area contributed by atoms with Crippen LogP contribution < -0.4 is 4.74 Å². The molecule has 0 radical (unpaired) electrons. The minimum absolute atomic E-state index is 0.258. The van der Waals surface area contributed by atoms with Gasteiger partial charge in [0.1, 0.15) is 0 Å². The largest absolute Gasteiger partial charge is 0.491 e. The van der Waals surface area contributed by atoms with E-state index >= 15 is 0 Å². The molecule has 0 aliphatic carbocycles. The Hall–Kier alpha value is -0.700. The van der Waals surface area contributed by atoms with Crippen LogP contribution in [-0.4, -0.2) is 12.9 Å². The topological polar surface area (TPSA) is 9.23 Å². The predicted octanol–water partition coefficient (Wildman–Crippen LogP) is 2.95. The van der Waals surface area contributed by atoms with Crippen LogP contribution in [0, 0.1) is 5.82 Å². The average molecular weight is 186 g/mol. The molecule has 3 heteroatoms. The third-order valence-corrected chi connectivity index (χ3v) is 2.20. The number of ether oxygens (including phenoxy) is 1. The van der Waals surface area contributed by atoms with Gasteiger partial charge in [-0.15, -0.1) is 11.8 Å². The maximum absolute atomic E-state index is 13.3. The molecule has 66 valence electrons. The van der Waals surface area contributed by atoms with E-state index in [1.165, 1.54) is 11.8 Å². The lowest BCUT2D eigenvalue weighted by atomic mass is 10.3. The van der Waals surface area contributed by atoms with Crippen molar-refractivity contribution < 1.29 is 9.13 Å². The summed E-state index contributed by atoms with van der Waals surface area (Å²) in [5, 5.41) is 0. The molecule has 1 rings (SSSR count). The van der Waals surface area contributed by atoms with Gasteiger partial charge in [-0.25, -0.2) is 4.39 Å². The van der Waals surface area contributed by atoms with Crippen molar-refractivity contribution in [3.8, 4) is 5.75 Å². The number of rotatable bonds is 3. The minimum atomic E-state index is -0.258. The highest BCUT2D eigenvalue weighted by Gasteiger charge is 2.06. The molecule has 1 aromatic carbocycles. The smallest absolute Gasteiger partial charge is 0.178 e. The Kier molecular flexibility index (Phi) is 3.41. The van der Waals surface area contributed by atoms with Crippen LogP contribution in [0.2, 0.25) is 0 Å². The number of hydrogen-bond donors (Lipinski definition) is 0. The summed E-state index contributed by atoms with van der Waals surface area (Å²) in [5.41, 5.74) is 0. The molecule has 0 amide bonds. The van der Waals surface area contributed by atoms with E-state index in [0.717, 1.165) is 0 Å². The molecular weight excluding hydrogens is 175 g/mol. The molecule has 0 N–H and O–H groups in total. The lowest BCUT2D eigenvalue weighted by Crippen LogP contribution is -1.95. The van der Waals surface area contributed by atoms with Crippen molar-refractivity contribution in [3.05, 3.63) is 24.0 Å². The molecule has 0 heterocycles. The van der Waals surface area contributed by atoms with Crippen molar-refractivity contribution in [1.82, 2.24) is 0 Å². The van der Waals surface area contributed by atoms with Crippen molar-refractivity contribution in [3.63, 3.8) is 0 Å². The van der Waals surface area contributed by atoms with E-state index < -0.39 is 0 Å². The maximum Gasteiger partial charge on any atom is 0.178 e. The van der Waals surface area contributed by atoms with Crippen molar-refractivity contribution >= 4 is 11.8 Å². The minimum Gasteiger partial charge on any atom is -0.491 e. The lowest BCUT2D eigenvalue weighted by molar-refractivity contribution is 0.318. The molecule has 0 atom stereocenters. The van der Waals surface area contributed by atoms with Gasteiger partial charge < -0.3 is 4.74 Å². The van der Waals surface area contributed by atoms with Crippen LogP contribution in [0.1, 0.15) is 6.92 Å². The highest BCUT2D eigenvalue weighted by Crippen LogP contribution is 2.26. The first-order valence-corrected chi connectivity index (χ1v) is 4.97. The number of thioether (sulfide) groups is 1. The summed E-state index contributed by atoms with van der Waals surface area (Å²) in [5.74, 6) is 0.0798. The molecule has 0 saturated carbocycles. The zero-order valence-corrected chi connectivity index (χ0v) is 7.95. The third kappa shape index (κ3) is 1.91. The predicted molar refractivity (Wildman–Crippen MR) is 49.4 cm³/mol. The van der Waals surface area contributed by atoms with Crippen molar-refractivity contribution in [2.24, 2.45) is 0 Å². The van der Waals surface area contributed by atoms with E-state index in [9.17, 15) is 4.39 Å². The number of benzene rings is 1. The second-order valence-electron chi connectivity index (χ2n) is 2.21. The molecule has 0 spiro atoms. The SMILES string of the molecule is CCOc1cccc(SC)c1F. The Bertz CT molecular complexity index is 263. The summed E-state index contributed by atoms with van der Waals surface area (Å²) in [7, 11) is 0. The van der Waals surface area contributed by atoms with E-state index in [-0.39, 0.29) is 5.82 Å². The van der Waals surface area contributed by atoms with E-state index in [0.29, 0.717) is 17.3 Å². The molecule has 0 unspecified atom stereocenters. The normalized spacial score (nSPS) is 9.92. The molecule has 0 saturated heterocycles. The fraction of sp³-hybridized carbons (Fsp3) is 0.333. The van der Waals surface area contributed by atoms with E-state index in [2.05, 4.69) is 0 Å². The van der Waals surface area contributed by atoms with Crippen LogP contribution in [0.3, 0.4) is 0 Å². The highest BCUT2D eigenvalue weighted by molar-refractivity contribution is 7.98. The molecular formula is C9H11FOS. The van der Waals surface area contributed by atoms with Gasteiger partial charge in [0.15, 0.2) is 11.6 Å². The van der Waals surface area contributed by atoms with Gasteiger partial charge in [0.2, 0.25) is 0 Å². The summed E-state index contributed by atoms with van der Waals surface area (Å²) < 4.78 is 18.4. The van der Waals surface area contributed by atoms with Crippen molar-refractivity contribution in [2.75, 3.05) is 12.9 Å². The zero-order chi connectivity index (χ0) is 8.97. The fourth-order valence-electron chi connectivity index (χ4n) is 0.915. The van der Waals surface area contributed by atoms with Crippen LogP contribution >= 0.6 is 11.8 Å². The summed E-state index contributed by atoms with van der Waals surface area (Å²) in [6.45, 7) is 2.33. The van der Waals surface area contributed by atoms with Gasteiger partial charge in [-0.2, -0.15) is 0 Å². The molecule has 0 aliphatic heterocycles. The van der Waals surface area contributed by atoms with Gasteiger partial charge in [-0.1, -0.05) is 6.07 Å². The third-order valence-electron chi connectivity index (χ3n) is 1.45. The lowest BCUT2D eigenvalue weighted by Gasteiger charge is -2.06. The average Bonchev–Trinajstić information content (AvgIpc) is 2.09. The first-order valence-electron chi connectivity index (χ1n) is 3.75. The van der Waals surface area contributed by atoms with Gasteiger partial charge in [0.25, 0.3) is 0 Å². The Labute approximate surface area is 75.9 Å². The first-order chi connectivity index (χ1) is 5.79. The van der Waals surface area contributed by atoms with Gasteiger partial charge in [-0.3, -0.25) is 0 Å². The Morgan fingerprint density at radius 3 is 2.83 bits per heavy atom. The van der Waals surface area contributed by atoms with E-state index in [1.807, 2.05) is 13.2 Å². The number of halogens is 1. The summed E-state index contributed by atoms with van der Waals surface area (Å²) in [6, 6.07) is 5.17. The monoisotopic (exact) mass is 186 g/mol. The van der Waals surface area contributed by atoms with Crippen molar-refractivity contribution in [2.45, 2.75) is 11.8 Å². The molecule has 0 aliphatic rings. The highest BCUT2D eigenvalue weighted by atomic mass is 32.2. The Morgan fingerprint density at radius 1 is 1.50 bits per heavy atom. The second kappa shape index (κ2) is 4.36. The van der Waals surface area contributed by atoms with Gasteiger partial charge in [0.05, 0.1) is 6.61 Å². The second-order valence-corrected chi connectivity index (χ2v) is 3.05. The van der Waals surface area contributed by atoms with E-state index in [4.69, 9.17) is 4.74 Å². The van der Waals surface area contributed by atoms with Crippen LogP contribution in [0.5, 0.6) is 5.75 Å². The van der Waals surface area contributed by atoms with Crippen LogP contribution in [0.15, 0.2) is 23.1 Å². The summed E-state index contributed by atoms with van der Waals surface area (Å²) in [4.78, 5) is 0.626. The first kappa shape index (κ1) is 9.39. The van der Waals surface area contributed by atoms with Crippen LogP contribution in [0.4, 0.5) is 4.39 Å². The Balaban J connectivity index is 2.97. The summed E-state index contributed by atoms with van der Waals surface area (Å²) in [6.07, 6.45) is 1.84. The van der Waals surface area contributed by atoms with Crippen LogP contribution in [0.25, 0.3) is 0 Å². The summed E-state index contributed by atoms with van der Waals surface area (Å²) >= 11 is 1.38. The molecule has 1 aromatic rings. The molecule has 0 fully saturated rings. The van der Waals surface area contributed by atoms with Gasteiger partial charge in [-0.05, 0) is 25.3 Å². The molecule has 0 aromatic heterocycles. The molecule has 0 bridgehead atoms. The standard InChI is InChI=1S/C9H11FOS/c1-3-11-7-5-4-6-8(12-2)9(7)10/h4-6H,3H2,1-2H3. The number of hydrogen-bond acceptors (Lipinski definition) is 2. The molecule has 1 nitrogen and oxygen atoms in total. The maximum atomic E-state index is 13.3. The van der Waals surface area contributed by atoms with Crippen molar-refractivity contribution in [1.29, 1.82) is 0 Å². The zero-order valence-electron chi connectivity index (χ0n) is 7.13. The van der Waals surface area contributed by atoms with Gasteiger partial charge >= 0.3 is 0 Å². The molecule has 12 heavy (non-hydrogen) atoms.